The second-order valence-corrected chi connectivity index (χ2v) is 6.91. The van der Waals surface area contributed by atoms with E-state index in [2.05, 4.69) is 31.2 Å². The van der Waals surface area contributed by atoms with Crippen LogP contribution >= 0.6 is 0 Å². The molecule has 0 saturated carbocycles. The Labute approximate surface area is 128 Å². The number of benzene rings is 1. The molecule has 2 rings (SSSR count). The summed E-state index contributed by atoms with van der Waals surface area (Å²) in [5.41, 5.74) is 2.33. The molecule has 1 fully saturated rings. The Morgan fingerprint density at radius 2 is 2.14 bits per heavy atom. The first kappa shape index (κ1) is 15.9. The summed E-state index contributed by atoms with van der Waals surface area (Å²) in [7, 11) is 0. The van der Waals surface area contributed by atoms with Crippen molar-refractivity contribution in [3.63, 3.8) is 0 Å². The fourth-order valence-corrected chi connectivity index (χ4v) is 2.82. The predicted octanol–water partition coefficient (Wildman–Crippen LogP) is 4.36. The van der Waals surface area contributed by atoms with Gasteiger partial charge in [0, 0.05) is 19.0 Å². The minimum atomic E-state index is -0.420. The molecule has 0 radical (unpaired) electrons. The van der Waals surface area contributed by atoms with Gasteiger partial charge in [-0.3, -0.25) is 0 Å². The molecule has 0 bridgehead atoms. The lowest BCUT2D eigenvalue weighted by Gasteiger charge is -2.24. The third kappa shape index (κ3) is 4.48. The van der Waals surface area contributed by atoms with E-state index >= 15 is 0 Å². The normalized spacial score (nSPS) is 18.9. The minimum absolute atomic E-state index is 0.185. The average molecular weight is 289 g/mol. The van der Waals surface area contributed by atoms with E-state index in [9.17, 15) is 4.79 Å². The highest BCUT2D eigenvalue weighted by Gasteiger charge is 2.30. The zero-order valence-corrected chi connectivity index (χ0v) is 13.7. The van der Waals surface area contributed by atoms with Gasteiger partial charge in [-0.2, -0.15) is 0 Å². The van der Waals surface area contributed by atoms with Crippen LogP contribution in [0.4, 0.5) is 4.79 Å². The van der Waals surface area contributed by atoms with Crippen molar-refractivity contribution in [2.45, 2.75) is 58.5 Å². The molecule has 1 heterocycles. The molecule has 3 nitrogen and oxygen atoms in total. The topological polar surface area (TPSA) is 29.5 Å². The molecule has 1 aliphatic heterocycles. The largest absolute Gasteiger partial charge is 0.444 e. The third-order valence-electron chi connectivity index (χ3n) is 3.80. The number of nitrogens with zero attached hydrogens (tertiary/aromatic N) is 1. The molecule has 1 aliphatic rings. The van der Waals surface area contributed by atoms with Crippen molar-refractivity contribution in [2.75, 3.05) is 13.1 Å². The van der Waals surface area contributed by atoms with Crippen molar-refractivity contribution in [3.05, 3.63) is 35.4 Å². The van der Waals surface area contributed by atoms with Crippen LogP contribution in [0.5, 0.6) is 0 Å². The van der Waals surface area contributed by atoms with E-state index in [1.54, 1.807) is 0 Å². The monoisotopic (exact) mass is 289 g/mol. The third-order valence-corrected chi connectivity index (χ3v) is 3.80. The quantitative estimate of drug-likeness (QED) is 0.827. The van der Waals surface area contributed by atoms with E-state index in [-0.39, 0.29) is 6.09 Å². The number of hydrogen-bond donors (Lipinski definition) is 0. The molecule has 1 saturated heterocycles. The first-order valence-electron chi connectivity index (χ1n) is 7.96. The molecule has 0 aromatic heterocycles. The smallest absolute Gasteiger partial charge is 0.410 e. The van der Waals surface area contributed by atoms with Gasteiger partial charge in [-0.15, -0.1) is 0 Å². The molecule has 1 aromatic carbocycles. The number of carbonyl (C=O) groups is 1. The van der Waals surface area contributed by atoms with E-state index in [1.165, 1.54) is 11.1 Å². The van der Waals surface area contributed by atoms with Gasteiger partial charge in [-0.05, 0) is 44.7 Å². The summed E-state index contributed by atoms with van der Waals surface area (Å²) in [6.45, 7) is 9.49. The van der Waals surface area contributed by atoms with Gasteiger partial charge in [0.1, 0.15) is 5.60 Å². The van der Waals surface area contributed by atoms with Crippen molar-refractivity contribution in [3.8, 4) is 0 Å². The summed E-state index contributed by atoms with van der Waals surface area (Å²) >= 11 is 0. The number of ether oxygens (including phenoxy) is 1. The Balaban J connectivity index is 1.99. The molecular weight excluding hydrogens is 262 g/mol. The van der Waals surface area contributed by atoms with Gasteiger partial charge < -0.3 is 9.64 Å². The highest BCUT2D eigenvalue weighted by molar-refractivity contribution is 5.68. The summed E-state index contributed by atoms with van der Waals surface area (Å²) in [5, 5.41) is 0. The maximum absolute atomic E-state index is 12.1. The van der Waals surface area contributed by atoms with Gasteiger partial charge in [0.15, 0.2) is 0 Å². The molecule has 1 unspecified atom stereocenters. The molecular formula is C18H27NO2. The van der Waals surface area contributed by atoms with Gasteiger partial charge >= 0.3 is 6.09 Å². The SMILES string of the molecule is CCCc1cccc(C2CCN(C(=O)OC(C)(C)C)C2)c1. The minimum Gasteiger partial charge on any atom is -0.444 e. The molecule has 1 aromatic rings. The Morgan fingerprint density at radius 3 is 2.81 bits per heavy atom. The lowest BCUT2D eigenvalue weighted by Crippen LogP contribution is -2.35. The van der Waals surface area contributed by atoms with Gasteiger partial charge in [-0.1, -0.05) is 37.6 Å². The zero-order valence-electron chi connectivity index (χ0n) is 13.7. The van der Waals surface area contributed by atoms with Crippen molar-refractivity contribution < 1.29 is 9.53 Å². The summed E-state index contributed by atoms with van der Waals surface area (Å²) in [5.74, 6) is 0.439. The van der Waals surface area contributed by atoms with Crippen LogP contribution in [0.15, 0.2) is 24.3 Å². The molecule has 21 heavy (non-hydrogen) atoms. The predicted molar refractivity (Wildman–Crippen MR) is 85.6 cm³/mol. The van der Waals surface area contributed by atoms with Crippen LogP contribution in [0.3, 0.4) is 0 Å². The molecule has 116 valence electrons. The lowest BCUT2D eigenvalue weighted by molar-refractivity contribution is 0.0292. The summed E-state index contributed by atoms with van der Waals surface area (Å²) in [4.78, 5) is 13.9. The molecule has 0 aliphatic carbocycles. The Bertz CT molecular complexity index is 490. The van der Waals surface area contributed by atoms with Crippen LogP contribution in [0, 0.1) is 0 Å². The standard InChI is InChI=1S/C18H27NO2/c1-5-7-14-8-6-9-15(12-14)16-10-11-19(13-16)17(20)21-18(2,3)4/h6,8-9,12,16H,5,7,10-11,13H2,1-4H3. The first-order valence-corrected chi connectivity index (χ1v) is 7.96. The zero-order chi connectivity index (χ0) is 15.5. The van der Waals surface area contributed by atoms with Gasteiger partial charge in [-0.25, -0.2) is 4.79 Å². The number of hydrogen-bond acceptors (Lipinski definition) is 2. The molecule has 0 N–H and O–H groups in total. The van der Waals surface area contributed by atoms with Gasteiger partial charge in [0.25, 0.3) is 0 Å². The molecule has 1 atom stereocenters. The summed E-state index contributed by atoms with van der Waals surface area (Å²) in [6, 6.07) is 8.80. The van der Waals surface area contributed by atoms with Crippen molar-refractivity contribution in [1.29, 1.82) is 0 Å². The number of likely N-dealkylation sites (tertiary alicyclic amines) is 1. The summed E-state index contributed by atoms with van der Waals surface area (Å²) < 4.78 is 5.46. The van der Waals surface area contributed by atoms with E-state index in [1.807, 2.05) is 25.7 Å². The van der Waals surface area contributed by atoms with Crippen LogP contribution in [-0.2, 0) is 11.2 Å². The molecule has 3 heteroatoms. The summed E-state index contributed by atoms with van der Waals surface area (Å²) in [6.07, 6.45) is 3.12. The first-order chi connectivity index (χ1) is 9.89. The number of amides is 1. The van der Waals surface area contributed by atoms with Crippen LogP contribution in [-0.4, -0.2) is 29.7 Å². The fourth-order valence-electron chi connectivity index (χ4n) is 2.82. The number of carbonyl (C=O) groups excluding carboxylic acids is 1. The maximum atomic E-state index is 12.1. The second-order valence-electron chi connectivity index (χ2n) is 6.91. The van der Waals surface area contributed by atoms with Crippen LogP contribution in [0.25, 0.3) is 0 Å². The van der Waals surface area contributed by atoms with Crippen molar-refractivity contribution in [1.82, 2.24) is 4.90 Å². The number of rotatable bonds is 3. The molecule has 0 spiro atoms. The van der Waals surface area contributed by atoms with Crippen molar-refractivity contribution >= 4 is 6.09 Å². The van der Waals surface area contributed by atoms with E-state index in [0.717, 1.165) is 32.4 Å². The number of aryl methyl sites for hydroxylation is 1. The lowest BCUT2D eigenvalue weighted by atomic mass is 9.95. The average Bonchev–Trinajstić information content (AvgIpc) is 2.87. The van der Waals surface area contributed by atoms with Crippen LogP contribution in [0.1, 0.15) is 57.6 Å². The van der Waals surface area contributed by atoms with E-state index in [4.69, 9.17) is 4.74 Å². The van der Waals surface area contributed by atoms with Crippen molar-refractivity contribution in [2.24, 2.45) is 0 Å². The Kier molecular flexibility index (Phi) is 4.92. The van der Waals surface area contributed by atoms with E-state index < -0.39 is 5.60 Å². The van der Waals surface area contributed by atoms with Gasteiger partial charge in [0.2, 0.25) is 0 Å². The van der Waals surface area contributed by atoms with Crippen LogP contribution < -0.4 is 0 Å². The Hall–Kier alpha value is -1.51. The fraction of sp³-hybridized carbons (Fsp3) is 0.611. The highest BCUT2D eigenvalue weighted by atomic mass is 16.6. The highest BCUT2D eigenvalue weighted by Crippen LogP contribution is 2.29. The van der Waals surface area contributed by atoms with Gasteiger partial charge in [0.05, 0.1) is 0 Å². The second kappa shape index (κ2) is 6.50. The van der Waals surface area contributed by atoms with Crippen LogP contribution in [0.2, 0.25) is 0 Å². The van der Waals surface area contributed by atoms with E-state index in [0.29, 0.717) is 5.92 Å². The maximum Gasteiger partial charge on any atom is 0.410 e. The Morgan fingerprint density at radius 1 is 1.38 bits per heavy atom. The molecule has 1 amide bonds.